The predicted octanol–water partition coefficient (Wildman–Crippen LogP) is 2.48. The summed E-state index contributed by atoms with van der Waals surface area (Å²) in [7, 11) is 1.82. The standard InChI is InChI=1S/C26H27N7O2/c1-15-8-20(15)26(35)30-22-11-21-18(13-29-25(27-2)24(21)32-31-22)5-7-19-6-4-16(12-28-19)9-17-10-23(34)33(3)14-17/h4,6,11-13,15,17,20H,8-10,14H2,1-3H3,(H,27,29)(H,30,31,35)/t15-,17+,20+/m1/s1/i2D3. The fourth-order valence-corrected chi connectivity index (χ4v) is 4.37. The fourth-order valence-electron chi connectivity index (χ4n) is 4.37. The molecule has 5 rings (SSSR count). The fraction of sp³-hybridized carbons (Fsp3) is 0.385. The molecular formula is C26H27N7O2. The molecule has 0 bridgehead atoms. The number of nitrogens with one attached hydrogen (secondary N) is 2. The average molecular weight is 473 g/mol. The van der Waals surface area contributed by atoms with E-state index in [4.69, 9.17) is 4.11 Å². The predicted molar refractivity (Wildman–Crippen MR) is 132 cm³/mol. The lowest BCUT2D eigenvalue weighted by molar-refractivity contribution is -0.126. The first kappa shape index (κ1) is 19.3. The summed E-state index contributed by atoms with van der Waals surface area (Å²) in [6.45, 7) is 0.284. The van der Waals surface area contributed by atoms with Crippen LogP contribution in [0.1, 0.15) is 40.7 Å². The van der Waals surface area contributed by atoms with Crippen LogP contribution in [0.15, 0.2) is 30.6 Å². The van der Waals surface area contributed by atoms with Crippen molar-refractivity contribution in [2.75, 3.05) is 31.2 Å². The van der Waals surface area contributed by atoms with Crippen LogP contribution in [-0.2, 0) is 16.0 Å². The molecule has 3 atom stereocenters. The maximum atomic E-state index is 12.4. The van der Waals surface area contributed by atoms with E-state index in [-0.39, 0.29) is 40.8 Å². The highest BCUT2D eigenvalue weighted by molar-refractivity contribution is 5.97. The topological polar surface area (TPSA) is 113 Å². The zero-order chi connectivity index (χ0) is 27.0. The third-order valence-electron chi connectivity index (χ3n) is 6.54. The van der Waals surface area contributed by atoms with E-state index >= 15 is 0 Å². The Morgan fingerprint density at radius 2 is 2.11 bits per heavy atom. The minimum Gasteiger partial charge on any atom is -0.371 e. The Hall–Kier alpha value is -4.06. The van der Waals surface area contributed by atoms with E-state index in [0.29, 0.717) is 29.0 Å². The zero-order valence-corrected chi connectivity index (χ0v) is 19.5. The number of anilines is 2. The highest BCUT2D eigenvalue weighted by Gasteiger charge is 2.39. The van der Waals surface area contributed by atoms with Crippen LogP contribution >= 0.6 is 0 Å². The van der Waals surface area contributed by atoms with E-state index in [9.17, 15) is 9.59 Å². The van der Waals surface area contributed by atoms with Crippen molar-refractivity contribution in [3.05, 3.63) is 47.4 Å². The van der Waals surface area contributed by atoms with Gasteiger partial charge in [-0.05, 0) is 48.3 Å². The first-order valence-corrected chi connectivity index (χ1v) is 11.5. The monoisotopic (exact) mass is 472 g/mol. The van der Waals surface area contributed by atoms with Crippen LogP contribution in [0.2, 0.25) is 0 Å². The molecule has 1 saturated heterocycles. The molecule has 1 saturated carbocycles. The molecule has 1 aliphatic heterocycles. The molecule has 2 N–H and O–H groups in total. The second-order valence-corrected chi connectivity index (χ2v) is 9.30. The number of hydrogen-bond donors (Lipinski definition) is 2. The number of rotatable bonds is 5. The van der Waals surface area contributed by atoms with Crippen LogP contribution in [0.5, 0.6) is 0 Å². The second kappa shape index (κ2) is 9.29. The van der Waals surface area contributed by atoms with E-state index in [1.807, 2.05) is 26.1 Å². The van der Waals surface area contributed by atoms with Gasteiger partial charge in [-0.2, -0.15) is 0 Å². The number of aromatic nitrogens is 4. The number of carbonyl (C=O) groups excluding carboxylic acids is 2. The summed E-state index contributed by atoms with van der Waals surface area (Å²) in [5.74, 6) is 7.00. The molecule has 9 nitrogen and oxygen atoms in total. The van der Waals surface area contributed by atoms with Gasteiger partial charge >= 0.3 is 0 Å². The van der Waals surface area contributed by atoms with Gasteiger partial charge in [0, 0.05) is 54.8 Å². The van der Waals surface area contributed by atoms with Gasteiger partial charge in [0.05, 0.1) is 5.56 Å². The lowest BCUT2D eigenvalue weighted by Crippen LogP contribution is -2.19. The Morgan fingerprint density at radius 1 is 1.26 bits per heavy atom. The molecule has 3 aromatic rings. The number of hydrogen-bond acceptors (Lipinski definition) is 7. The number of pyridine rings is 2. The van der Waals surface area contributed by atoms with Crippen LogP contribution in [0, 0.1) is 29.6 Å². The highest BCUT2D eigenvalue weighted by atomic mass is 16.2. The van der Waals surface area contributed by atoms with Crippen molar-refractivity contribution < 1.29 is 13.7 Å². The molecule has 0 radical (unpaired) electrons. The van der Waals surface area contributed by atoms with Crippen molar-refractivity contribution in [2.24, 2.45) is 17.8 Å². The molecule has 178 valence electrons. The summed E-state index contributed by atoms with van der Waals surface area (Å²) in [4.78, 5) is 34.6. The Bertz CT molecular complexity index is 1460. The maximum Gasteiger partial charge on any atom is 0.228 e. The largest absolute Gasteiger partial charge is 0.371 e. The summed E-state index contributed by atoms with van der Waals surface area (Å²) in [5.41, 5.74) is 2.30. The van der Waals surface area contributed by atoms with Crippen LogP contribution in [0.25, 0.3) is 10.9 Å². The van der Waals surface area contributed by atoms with Crippen molar-refractivity contribution in [2.45, 2.75) is 26.2 Å². The van der Waals surface area contributed by atoms with Crippen LogP contribution in [0.4, 0.5) is 11.6 Å². The van der Waals surface area contributed by atoms with Crippen molar-refractivity contribution in [1.82, 2.24) is 25.1 Å². The minimum absolute atomic E-state index is 0.0406. The summed E-state index contributed by atoms with van der Waals surface area (Å²) in [6.07, 6.45) is 5.39. The molecule has 3 aromatic heterocycles. The molecule has 0 unspecified atom stereocenters. The van der Waals surface area contributed by atoms with Gasteiger partial charge in [-0.1, -0.05) is 18.9 Å². The van der Waals surface area contributed by atoms with Crippen molar-refractivity contribution in [3.63, 3.8) is 0 Å². The highest BCUT2D eigenvalue weighted by Crippen LogP contribution is 2.38. The van der Waals surface area contributed by atoms with Gasteiger partial charge in [-0.3, -0.25) is 9.59 Å². The van der Waals surface area contributed by atoms with E-state index < -0.39 is 6.98 Å². The molecule has 1 aliphatic carbocycles. The van der Waals surface area contributed by atoms with Gasteiger partial charge in [-0.25, -0.2) is 9.97 Å². The molecule has 2 fully saturated rings. The molecule has 0 aromatic carbocycles. The van der Waals surface area contributed by atoms with Crippen molar-refractivity contribution in [1.29, 1.82) is 0 Å². The molecule has 0 spiro atoms. The summed E-state index contributed by atoms with van der Waals surface area (Å²) >= 11 is 0. The Balaban J connectivity index is 1.40. The number of nitrogens with zero attached hydrogens (tertiary/aromatic N) is 5. The molecule has 2 amide bonds. The number of amides is 2. The molecular weight excluding hydrogens is 442 g/mol. The van der Waals surface area contributed by atoms with Gasteiger partial charge in [0.25, 0.3) is 0 Å². The maximum absolute atomic E-state index is 12.4. The minimum atomic E-state index is -2.48. The molecule has 4 heterocycles. The number of likely N-dealkylation sites (tertiary alicyclic amines) is 1. The SMILES string of the molecule is [2H]C([2H])([2H])Nc1ncc(C#Cc2ccc(C[C@H]3CC(=O)N(C)C3)cn2)c2cc(NC(=O)[C@H]3C[C@H]3C)nnc12. The Labute approximate surface area is 208 Å². The van der Waals surface area contributed by atoms with Crippen LogP contribution in [-0.4, -0.2) is 57.4 Å². The van der Waals surface area contributed by atoms with Crippen LogP contribution in [0.3, 0.4) is 0 Å². The van der Waals surface area contributed by atoms with Crippen LogP contribution < -0.4 is 10.6 Å². The summed E-state index contributed by atoms with van der Waals surface area (Å²) < 4.78 is 22.6. The number of carbonyl (C=O) groups is 2. The van der Waals surface area contributed by atoms with Gasteiger partial charge in [-0.15, -0.1) is 10.2 Å². The van der Waals surface area contributed by atoms with Gasteiger partial charge in [0.15, 0.2) is 11.6 Å². The van der Waals surface area contributed by atoms with E-state index in [1.54, 1.807) is 17.2 Å². The van der Waals surface area contributed by atoms with Gasteiger partial charge in [0.2, 0.25) is 11.8 Å². The Kier molecular flexibility index (Phi) is 5.12. The van der Waals surface area contributed by atoms with Gasteiger partial charge < -0.3 is 15.5 Å². The van der Waals surface area contributed by atoms with Gasteiger partial charge in [0.1, 0.15) is 11.2 Å². The molecule has 35 heavy (non-hydrogen) atoms. The average Bonchev–Trinajstić information content (AvgIpc) is 3.51. The van der Waals surface area contributed by atoms with E-state index in [2.05, 4.69) is 42.6 Å². The molecule has 9 heteroatoms. The van der Waals surface area contributed by atoms with Crippen molar-refractivity contribution >= 4 is 34.4 Å². The lowest BCUT2D eigenvalue weighted by atomic mass is 9.99. The zero-order valence-electron chi connectivity index (χ0n) is 22.5. The van der Waals surface area contributed by atoms with E-state index in [1.165, 1.54) is 6.20 Å². The normalized spacial score (nSPS) is 22.6. The summed E-state index contributed by atoms with van der Waals surface area (Å²) in [5, 5.41) is 13.9. The van der Waals surface area contributed by atoms with Crippen molar-refractivity contribution in [3.8, 4) is 11.8 Å². The summed E-state index contributed by atoms with van der Waals surface area (Å²) in [6, 6.07) is 5.41. The molecule has 2 aliphatic rings. The first-order valence-electron chi connectivity index (χ1n) is 13.0. The third-order valence-corrected chi connectivity index (χ3v) is 6.54. The third kappa shape index (κ3) is 4.92. The lowest BCUT2D eigenvalue weighted by Gasteiger charge is -2.09. The number of fused-ring (bicyclic) bond motifs is 1. The smallest absolute Gasteiger partial charge is 0.228 e. The first-order chi connectivity index (χ1) is 18.1. The quantitative estimate of drug-likeness (QED) is 0.549. The second-order valence-electron chi connectivity index (χ2n) is 9.30. The Morgan fingerprint density at radius 3 is 2.80 bits per heavy atom. The van der Waals surface area contributed by atoms with E-state index in [0.717, 1.165) is 24.9 Å².